The molecule has 1 saturated heterocycles. The number of benzene rings is 2. The summed E-state index contributed by atoms with van der Waals surface area (Å²) in [4.78, 5) is 0.369. The molecule has 2 aromatic carbocycles. The Labute approximate surface area is 165 Å². The Hall–Kier alpha value is -2.31. The van der Waals surface area contributed by atoms with Gasteiger partial charge in [-0.2, -0.15) is 4.31 Å². The molecule has 0 bridgehead atoms. The Morgan fingerprint density at radius 3 is 2.54 bits per heavy atom. The van der Waals surface area contributed by atoms with Crippen molar-refractivity contribution in [2.24, 2.45) is 5.92 Å². The highest BCUT2D eigenvalue weighted by molar-refractivity contribution is 7.89. The van der Waals surface area contributed by atoms with Crippen LogP contribution in [-0.2, 0) is 16.4 Å². The number of nitrogens with zero attached hydrogens (tertiary/aromatic N) is 1. The molecule has 3 aliphatic rings. The lowest BCUT2D eigenvalue weighted by Crippen LogP contribution is -2.29. The number of rotatable bonds is 3. The fraction of sp³-hybridized carbons (Fsp3) is 0.364. The van der Waals surface area contributed by atoms with Crippen molar-refractivity contribution in [1.82, 2.24) is 4.31 Å². The van der Waals surface area contributed by atoms with Crippen LogP contribution in [0.4, 0.5) is 0 Å². The molecule has 2 aromatic rings. The number of ether oxygens (including phenoxy) is 2. The van der Waals surface area contributed by atoms with Crippen LogP contribution in [0.1, 0.15) is 30.0 Å². The van der Waals surface area contributed by atoms with Crippen molar-refractivity contribution in [3.05, 3.63) is 58.7 Å². The number of allylic oxidation sites excluding steroid dienone is 1. The molecule has 0 unspecified atom stereocenters. The van der Waals surface area contributed by atoms with Crippen molar-refractivity contribution in [2.75, 3.05) is 19.9 Å². The smallest absolute Gasteiger partial charge is 0.243 e. The molecule has 0 saturated carbocycles. The van der Waals surface area contributed by atoms with E-state index in [1.165, 1.54) is 22.3 Å². The molecule has 0 spiro atoms. The second-order valence-corrected chi connectivity index (χ2v) is 9.67. The van der Waals surface area contributed by atoms with Crippen LogP contribution in [0.2, 0.25) is 0 Å². The van der Waals surface area contributed by atoms with Gasteiger partial charge in [-0.25, -0.2) is 8.42 Å². The lowest BCUT2D eigenvalue weighted by atomic mass is 9.79. The van der Waals surface area contributed by atoms with Crippen molar-refractivity contribution in [1.29, 1.82) is 0 Å². The molecule has 2 aliphatic heterocycles. The number of fused-ring (bicyclic) bond motifs is 3. The Morgan fingerprint density at radius 1 is 1.11 bits per heavy atom. The van der Waals surface area contributed by atoms with Gasteiger partial charge in [0.15, 0.2) is 11.5 Å². The first kappa shape index (κ1) is 17.8. The summed E-state index contributed by atoms with van der Waals surface area (Å²) in [5.41, 5.74) is 5.98. The maximum absolute atomic E-state index is 13.2. The molecule has 5 nitrogen and oxygen atoms in total. The highest BCUT2D eigenvalue weighted by Gasteiger charge is 2.40. The molecule has 1 aliphatic carbocycles. The average molecular weight is 397 g/mol. The van der Waals surface area contributed by atoms with Crippen molar-refractivity contribution in [2.45, 2.75) is 31.6 Å². The highest BCUT2D eigenvalue weighted by Crippen LogP contribution is 2.46. The largest absolute Gasteiger partial charge is 0.454 e. The minimum Gasteiger partial charge on any atom is -0.454 e. The molecular formula is C22H23NO4S. The fourth-order valence-electron chi connectivity index (χ4n) is 4.60. The van der Waals surface area contributed by atoms with E-state index >= 15 is 0 Å². The van der Waals surface area contributed by atoms with Crippen LogP contribution >= 0.6 is 0 Å². The van der Waals surface area contributed by atoms with Crippen LogP contribution in [0.15, 0.2) is 46.9 Å². The summed E-state index contributed by atoms with van der Waals surface area (Å²) in [5.74, 6) is 1.80. The molecular weight excluding hydrogens is 374 g/mol. The first-order valence-corrected chi connectivity index (χ1v) is 11.1. The second kappa shape index (κ2) is 6.36. The maximum atomic E-state index is 13.2. The maximum Gasteiger partial charge on any atom is 0.243 e. The van der Waals surface area contributed by atoms with E-state index in [1.807, 2.05) is 19.1 Å². The summed E-state index contributed by atoms with van der Waals surface area (Å²) in [6.45, 7) is 5.36. The summed E-state index contributed by atoms with van der Waals surface area (Å²) in [6.07, 6.45) is 1.71. The van der Waals surface area contributed by atoms with Gasteiger partial charge in [0, 0.05) is 13.1 Å². The molecule has 146 valence electrons. The summed E-state index contributed by atoms with van der Waals surface area (Å²) in [6, 6.07) is 11.2. The number of sulfonamides is 1. The predicted octanol–water partition coefficient (Wildman–Crippen LogP) is 3.76. The minimum atomic E-state index is -3.49. The molecule has 5 rings (SSSR count). The first-order valence-electron chi connectivity index (χ1n) is 9.69. The van der Waals surface area contributed by atoms with E-state index in [0.29, 0.717) is 18.0 Å². The van der Waals surface area contributed by atoms with Crippen molar-refractivity contribution in [3.63, 3.8) is 0 Å². The highest BCUT2D eigenvalue weighted by atomic mass is 32.2. The van der Waals surface area contributed by atoms with Gasteiger partial charge in [0.1, 0.15) is 0 Å². The van der Waals surface area contributed by atoms with Gasteiger partial charge >= 0.3 is 0 Å². The summed E-state index contributed by atoms with van der Waals surface area (Å²) in [5, 5.41) is 0. The molecule has 6 heteroatoms. The van der Waals surface area contributed by atoms with Crippen LogP contribution in [0, 0.1) is 12.8 Å². The summed E-state index contributed by atoms with van der Waals surface area (Å²) >= 11 is 0. The van der Waals surface area contributed by atoms with Gasteiger partial charge in [-0.3, -0.25) is 0 Å². The van der Waals surface area contributed by atoms with Gasteiger partial charge < -0.3 is 9.47 Å². The zero-order valence-electron chi connectivity index (χ0n) is 16.1. The number of hydrogen-bond donors (Lipinski definition) is 0. The van der Waals surface area contributed by atoms with Crippen LogP contribution in [-0.4, -0.2) is 32.6 Å². The Bertz CT molecular complexity index is 1090. The van der Waals surface area contributed by atoms with E-state index < -0.39 is 10.0 Å². The molecule has 0 N–H and O–H groups in total. The predicted molar refractivity (Wildman–Crippen MR) is 107 cm³/mol. The monoisotopic (exact) mass is 397 g/mol. The third kappa shape index (κ3) is 2.66. The third-order valence-electron chi connectivity index (χ3n) is 6.05. The number of hydrogen-bond acceptors (Lipinski definition) is 4. The fourth-order valence-corrected chi connectivity index (χ4v) is 6.06. The number of aryl methyl sites for hydroxylation is 1. The lowest BCUT2D eigenvalue weighted by molar-refractivity contribution is 0.174. The van der Waals surface area contributed by atoms with Gasteiger partial charge in [-0.05, 0) is 72.2 Å². The minimum absolute atomic E-state index is 0.225. The molecule has 1 fully saturated rings. The molecule has 1 atom stereocenters. The average Bonchev–Trinajstić information content (AvgIpc) is 3.31. The Morgan fingerprint density at radius 2 is 1.82 bits per heavy atom. The third-order valence-corrected chi connectivity index (χ3v) is 7.88. The van der Waals surface area contributed by atoms with Gasteiger partial charge in [-0.15, -0.1) is 0 Å². The van der Waals surface area contributed by atoms with Crippen molar-refractivity contribution >= 4 is 15.6 Å². The Kier molecular flexibility index (Phi) is 4.03. The zero-order chi connectivity index (χ0) is 19.5. The summed E-state index contributed by atoms with van der Waals surface area (Å²) < 4.78 is 39.1. The molecule has 0 radical (unpaired) electrons. The lowest BCUT2D eigenvalue weighted by Gasteiger charge is -2.25. The van der Waals surface area contributed by atoms with E-state index in [2.05, 4.69) is 19.1 Å². The van der Waals surface area contributed by atoms with E-state index in [-0.39, 0.29) is 12.7 Å². The van der Waals surface area contributed by atoms with Crippen LogP contribution in [0.25, 0.3) is 5.57 Å². The molecule has 0 aromatic heterocycles. The first-order chi connectivity index (χ1) is 13.5. The van der Waals surface area contributed by atoms with Gasteiger partial charge in [0.05, 0.1) is 4.90 Å². The van der Waals surface area contributed by atoms with E-state index in [9.17, 15) is 8.42 Å². The van der Waals surface area contributed by atoms with Crippen LogP contribution in [0.5, 0.6) is 11.5 Å². The van der Waals surface area contributed by atoms with Gasteiger partial charge in [0.2, 0.25) is 16.8 Å². The van der Waals surface area contributed by atoms with E-state index in [4.69, 9.17) is 9.47 Å². The standard InChI is InChI=1S/C22H23NO4S/c1-3-18-19-10-22-21(26-13-27-22)9-15(19)8-16-11-23(12-20(16)18)28(24,25)17-6-4-14(2)5-7-17/h4-7,9-10,16H,3,8,11-13H2,1-2H3/t16-/m0/s1. The Balaban J connectivity index is 1.52. The second-order valence-electron chi connectivity index (χ2n) is 7.73. The topological polar surface area (TPSA) is 55.8 Å². The van der Waals surface area contributed by atoms with E-state index in [0.717, 1.165) is 29.9 Å². The van der Waals surface area contributed by atoms with Crippen molar-refractivity contribution in [3.8, 4) is 11.5 Å². The van der Waals surface area contributed by atoms with Crippen LogP contribution in [0.3, 0.4) is 0 Å². The quantitative estimate of drug-likeness (QED) is 0.791. The van der Waals surface area contributed by atoms with Crippen molar-refractivity contribution < 1.29 is 17.9 Å². The molecule has 2 heterocycles. The van der Waals surface area contributed by atoms with Crippen LogP contribution < -0.4 is 9.47 Å². The zero-order valence-corrected chi connectivity index (χ0v) is 16.9. The summed E-state index contributed by atoms with van der Waals surface area (Å²) in [7, 11) is -3.49. The van der Waals surface area contributed by atoms with E-state index in [1.54, 1.807) is 16.4 Å². The normalized spacial score (nSPS) is 21.0. The SMILES string of the molecule is CCC1=C2CN(S(=O)(=O)c3ccc(C)cc3)C[C@@H]2Cc2cc3c(cc21)OCO3. The van der Waals surface area contributed by atoms with Gasteiger partial charge in [0.25, 0.3) is 0 Å². The van der Waals surface area contributed by atoms with Gasteiger partial charge in [-0.1, -0.05) is 24.6 Å². The molecule has 28 heavy (non-hydrogen) atoms. The molecule has 0 amide bonds.